The number of carbonyl (C=O) groups excluding carboxylic acids is 2. The molecule has 0 aliphatic carbocycles. The molecule has 0 spiro atoms. The minimum atomic E-state index is -0.763. The van der Waals surface area contributed by atoms with Crippen molar-refractivity contribution in [3.63, 3.8) is 0 Å². The van der Waals surface area contributed by atoms with Crippen molar-refractivity contribution >= 4 is 46.5 Å². The Morgan fingerprint density at radius 2 is 1.84 bits per heavy atom. The summed E-state index contributed by atoms with van der Waals surface area (Å²) in [6, 6.07) is 18.4. The minimum absolute atomic E-state index is 0.0717. The summed E-state index contributed by atoms with van der Waals surface area (Å²) in [4.78, 5) is 41.4. The molecular weight excluding hydrogens is 492 g/mol. The van der Waals surface area contributed by atoms with Crippen molar-refractivity contribution in [2.45, 2.75) is 6.54 Å². The number of hydrogen-bond donors (Lipinski definition) is 2. The fourth-order valence-electron chi connectivity index (χ4n) is 3.91. The molecule has 0 bridgehead atoms. The van der Waals surface area contributed by atoms with Crippen molar-refractivity contribution in [2.75, 3.05) is 27.1 Å². The van der Waals surface area contributed by atoms with E-state index in [0.717, 1.165) is 12.2 Å². The van der Waals surface area contributed by atoms with Crippen LogP contribution in [0.4, 0.5) is 48.1 Å². The number of halogens is 2. The van der Waals surface area contributed by atoms with Gasteiger partial charge in [-0.3, -0.25) is 9.69 Å². The third-order valence-corrected chi connectivity index (χ3v) is 5.61. The van der Waals surface area contributed by atoms with Gasteiger partial charge in [0.25, 0.3) is 0 Å². The zero-order valence-corrected chi connectivity index (χ0v) is 19.9. The van der Waals surface area contributed by atoms with Crippen LogP contribution < -0.4 is 20.4 Å². The standard InChI is InChI=1S/C27H21F2N7O2/c28-13-5-12-23(37)32-19-7-4-10-21(15-19)36-25-18(17-35(27(36)38)20-8-2-1-3-9-20)16-31-26(34-25)33-22-11-6-14-30-24(22)29/h1-12,14-16H,13,17H2,(H,32,37)(H,31,33,34)/b12-5+. The van der Waals surface area contributed by atoms with Gasteiger partial charge in [-0.05, 0) is 48.5 Å². The highest BCUT2D eigenvalue weighted by Gasteiger charge is 2.34. The number of rotatable bonds is 7. The Balaban J connectivity index is 1.56. The highest BCUT2D eigenvalue weighted by molar-refractivity contribution is 6.10. The van der Waals surface area contributed by atoms with Crippen LogP contribution in [-0.4, -0.2) is 33.6 Å². The van der Waals surface area contributed by atoms with Crippen LogP contribution in [0.2, 0.25) is 0 Å². The number of hydrogen-bond acceptors (Lipinski definition) is 6. The van der Waals surface area contributed by atoms with Gasteiger partial charge in [0.2, 0.25) is 17.8 Å². The number of urea groups is 1. The first kappa shape index (κ1) is 24.5. The molecule has 2 N–H and O–H groups in total. The fraction of sp³-hybridized carbons (Fsp3) is 0.0741. The molecule has 38 heavy (non-hydrogen) atoms. The monoisotopic (exact) mass is 513 g/mol. The zero-order valence-electron chi connectivity index (χ0n) is 19.9. The number of alkyl halides is 1. The highest BCUT2D eigenvalue weighted by atomic mass is 19.1. The maximum atomic E-state index is 14.1. The number of nitrogens with zero attached hydrogens (tertiary/aromatic N) is 5. The van der Waals surface area contributed by atoms with Crippen LogP contribution in [-0.2, 0) is 11.3 Å². The van der Waals surface area contributed by atoms with E-state index in [-0.39, 0.29) is 24.2 Å². The van der Waals surface area contributed by atoms with E-state index in [1.165, 1.54) is 17.2 Å². The summed E-state index contributed by atoms with van der Waals surface area (Å²) in [5.74, 6) is -0.863. The summed E-state index contributed by atoms with van der Waals surface area (Å²) < 4.78 is 26.5. The summed E-state index contributed by atoms with van der Waals surface area (Å²) in [7, 11) is 0. The van der Waals surface area contributed by atoms with Crippen molar-refractivity contribution < 1.29 is 18.4 Å². The lowest BCUT2D eigenvalue weighted by molar-refractivity contribution is -0.111. The normalized spacial score (nSPS) is 12.9. The average Bonchev–Trinajstić information content (AvgIpc) is 2.93. The van der Waals surface area contributed by atoms with E-state index < -0.39 is 18.5 Å². The molecule has 0 radical (unpaired) electrons. The Labute approximate surface area is 216 Å². The first-order valence-corrected chi connectivity index (χ1v) is 11.6. The Bertz CT molecular complexity index is 1510. The lowest BCUT2D eigenvalue weighted by atomic mass is 10.1. The van der Waals surface area contributed by atoms with Gasteiger partial charge in [0.05, 0.1) is 17.9 Å². The lowest BCUT2D eigenvalue weighted by Crippen LogP contribution is -2.45. The van der Waals surface area contributed by atoms with E-state index in [9.17, 15) is 18.4 Å². The molecule has 11 heteroatoms. The van der Waals surface area contributed by atoms with Crippen molar-refractivity contribution in [1.29, 1.82) is 0 Å². The maximum Gasteiger partial charge on any atom is 0.335 e. The number of carbonyl (C=O) groups is 2. The SMILES string of the molecule is O=C(/C=C/CF)Nc1cccc(N2C(=O)N(c3ccccc3)Cc3cnc(Nc4cccnc4F)nc32)c1. The maximum absolute atomic E-state index is 14.1. The van der Waals surface area contributed by atoms with Gasteiger partial charge < -0.3 is 10.6 Å². The van der Waals surface area contributed by atoms with E-state index >= 15 is 0 Å². The number of aromatic nitrogens is 3. The zero-order chi connectivity index (χ0) is 26.5. The van der Waals surface area contributed by atoms with Gasteiger partial charge in [0.15, 0.2) is 5.82 Å². The molecule has 1 aliphatic rings. The summed E-state index contributed by atoms with van der Waals surface area (Å²) in [5.41, 5.74) is 2.21. The van der Waals surface area contributed by atoms with Crippen LogP contribution in [0.1, 0.15) is 5.56 Å². The molecule has 5 rings (SSSR count). The number of anilines is 6. The molecule has 0 unspecified atom stereocenters. The molecule has 0 atom stereocenters. The molecule has 0 saturated carbocycles. The van der Waals surface area contributed by atoms with Crippen LogP contribution in [0.25, 0.3) is 0 Å². The number of benzene rings is 2. The number of nitrogens with one attached hydrogen (secondary N) is 2. The molecule has 0 fully saturated rings. The van der Waals surface area contributed by atoms with E-state index in [1.807, 2.05) is 30.3 Å². The summed E-state index contributed by atoms with van der Waals surface area (Å²) >= 11 is 0. The fourth-order valence-corrected chi connectivity index (χ4v) is 3.91. The van der Waals surface area contributed by atoms with Crippen molar-refractivity contribution in [1.82, 2.24) is 15.0 Å². The van der Waals surface area contributed by atoms with Gasteiger partial charge in [-0.25, -0.2) is 24.1 Å². The van der Waals surface area contributed by atoms with Crippen molar-refractivity contribution in [3.05, 3.63) is 103 Å². The highest BCUT2D eigenvalue weighted by Crippen LogP contribution is 2.37. The minimum Gasteiger partial charge on any atom is -0.322 e. The molecule has 4 aromatic rings. The van der Waals surface area contributed by atoms with E-state index in [4.69, 9.17) is 0 Å². The van der Waals surface area contributed by atoms with Gasteiger partial charge in [0.1, 0.15) is 6.67 Å². The number of allylic oxidation sites excluding steroid dienone is 1. The van der Waals surface area contributed by atoms with Crippen LogP contribution in [0.3, 0.4) is 0 Å². The second-order valence-corrected chi connectivity index (χ2v) is 8.15. The molecule has 190 valence electrons. The molecule has 1 aliphatic heterocycles. The average molecular weight is 514 g/mol. The Kier molecular flexibility index (Phi) is 6.98. The summed E-state index contributed by atoms with van der Waals surface area (Å²) in [6.07, 6.45) is 5.08. The topological polar surface area (TPSA) is 103 Å². The molecule has 3 amide bonds. The summed E-state index contributed by atoms with van der Waals surface area (Å²) in [5, 5.41) is 5.45. The van der Waals surface area contributed by atoms with Crippen molar-refractivity contribution in [3.8, 4) is 0 Å². The predicted molar refractivity (Wildman–Crippen MR) is 140 cm³/mol. The van der Waals surface area contributed by atoms with E-state index in [0.29, 0.717) is 28.4 Å². The third kappa shape index (κ3) is 5.16. The molecule has 3 heterocycles. The Hall–Kier alpha value is -5.19. The second-order valence-electron chi connectivity index (χ2n) is 8.15. The molecule has 2 aromatic carbocycles. The van der Waals surface area contributed by atoms with Crippen LogP contribution in [0.5, 0.6) is 0 Å². The Morgan fingerprint density at radius 1 is 1.03 bits per heavy atom. The molecule has 9 nitrogen and oxygen atoms in total. The van der Waals surface area contributed by atoms with Crippen LogP contribution in [0.15, 0.2) is 91.3 Å². The van der Waals surface area contributed by atoms with E-state index in [2.05, 4.69) is 25.6 Å². The predicted octanol–water partition coefficient (Wildman–Crippen LogP) is 5.50. The van der Waals surface area contributed by atoms with Crippen LogP contribution in [0, 0.1) is 5.95 Å². The van der Waals surface area contributed by atoms with Crippen LogP contribution >= 0.6 is 0 Å². The van der Waals surface area contributed by atoms with Gasteiger partial charge in [-0.1, -0.05) is 24.3 Å². The number of fused-ring (bicyclic) bond motifs is 1. The second kappa shape index (κ2) is 10.8. The molecule has 0 saturated heterocycles. The summed E-state index contributed by atoms with van der Waals surface area (Å²) in [6.45, 7) is -0.554. The van der Waals surface area contributed by atoms with Gasteiger partial charge in [-0.15, -0.1) is 0 Å². The molecular formula is C27H21F2N7O2. The lowest BCUT2D eigenvalue weighted by Gasteiger charge is -2.36. The molecule has 2 aromatic heterocycles. The van der Waals surface area contributed by atoms with Crippen molar-refractivity contribution in [2.24, 2.45) is 0 Å². The Morgan fingerprint density at radius 3 is 2.63 bits per heavy atom. The first-order chi connectivity index (χ1) is 18.5. The van der Waals surface area contributed by atoms with Gasteiger partial charge in [0, 0.05) is 35.4 Å². The van der Waals surface area contributed by atoms with E-state index in [1.54, 1.807) is 41.4 Å². The van der Waals surface area contributed by atoms with Gasteiger partial charge in [-0.2, -0.15) is 9.37 Å². The third-order valence-electron chi connectivity index (χ3n) is 5.61. The van der Waals surface area contributed by atoms with Gasteiger partial charge >= 0.3 is 6.03 Å². The number of pyridine rings is 1. The number of para-hydroxylation sites is 1. The largest absolute Gasteiger partial charge is 0.335 e. The quantitative estimate of drug-likeness (QED) is 0.250. The number of amides is 3. The smallest absolute Gasteiger partial charge is 0.322 e. The first-order valence-electron chi connectivity index (χ1n) is 11.6.